The van der Waals surface area contributed by atoms with E-state index in [1.807, 2.05) is 0 Å². The first-order valence-corrected chi connectivity index (χ1v) is 8.98. The van der Waals surface area contributed by atoms with Crippen molar-refractivity contribution in [2.75, 3.05) is 5.32 Å². The number of hydrogen-bond acceptors (Lipinski definition) is 6. The van der Waals surface area contributed by atoms with Crippen molar-refractivity contribution in [1.82, 2.24) is 5.43 Å². The molecular formula is C19H13FN4O4S. The quantitative estimate of drug-likeness (QED) is 0.364. The Labute approximate surface area is 167 Å². The molecule has 2 amide bonds. The molecule has 29 heavy (non-hydrogen) atoms. The van der Waals surface area contributed by atoms with Crippen LogP contribution in [-0.4, -0.2) is 23.0 Å². The number of halogens is 1. The van der Waals surface area contributed by atoms with Gasteiger partial charge in [0.15, 0.2) is 0 Å². The van der Waals surface area contributed by atoms with Crippen LogP contribution in [0, 0.1) is 15.9 Å². The van der Waals surface area contributed by atoms with Crippen molar-refractivity contribution in [3.05, 3.63) is 92.6 Å². The van der Waals surface area contributed by atoms with Gasteiger partial charge in [0.2, 0.25) is 0 Å². The number of rotatable bonds is 6. The number of benzene rings is 2. The van der Waals surface area contributed by atoms with Crippen molar-refractivity contribution in [2.45, 2.75) is 0 Å². The molecule has 0 aliphatic carbocycles. The molecule has 0 saturated heterocycles. The minimum atomic E-state index is -0.523. The van der Waals surface area contributed by atoms with Crippen molar-refractivity contribution in [1.29, 1.82) is 0 Å². The van der Waals surface area contributed by atoms with Crippen molar-refractivity contribution in [3.63, 3.8) is 0 Å². The third-order valence-electron chi connectivity index (χ3n) is 3.64. The van der Waals surface area contributed by atoms with E-state index in [1.165, 1.54) is 54.7 Å². The first-order chi connectivity index (χ1) is 13.9. The average molecular weight is 412 g/mol. The number of nitrogens with one attached hydrogen (secondary N) is 2. The molecule has 0 spiro atoms. The van der Waals surface area contributed by atoms with E-state index in [4.69, 9.17) is 0 Å². The molecule has 0 aliphatic heterocycles. The summed E-state index contributed by atoms with van der Waals surface area (Å²) < 4.78 is 12.9. The Hall–Kier alpha value is -3.92. The summed E-state index contributed by atoms with van der Waals surface area (Å²) in [7, 11) is 0. The van der Waals surface area contributed by atoms with Crippen LogP contribution in [0.3, 0.4) is 0 Å². The fourth-order valence-corrected chi connectivity index (χ4v) is 2.97. The monoisotopic (exact) mass is 412 g/mol. The zero-order valence-corrected chi connectivity index (χ0v) is 15.5. The van der Waals surface area contributed by atoms with Crippen LogP contribution in [0.25, 0.3) is 0 Å². The molecule has 146 valence electrons. The minimum Gasteiger partial charge on any atom is -0.322 e. The summed E-state index contributed by atoms with van der Waals surface area (Å²) in [6, 6.07) is 14.1. The SMILES string of the molecule is O=C(N/N=C\c1ccc([N+](=O)[O-])s1)c1cccc(NC(=O)c2ccc(F)cc2)c1. The van der Waals surface area contributed by atoms with Gasteiger partial charge < -0.3 is 5.32 Å². The molecule has 0 saturated carbocycles. The summed E-state index contributed by atoms with van der Waals surface area (Å²) in [5, 5.41) is 17.0. The Morgan fingerprint density at radius 2 is 1.79 bits per heavy atom. The second-order valence-corrected chi connectivity index (χ2v) is 6.77. The predicted octanol–water partition coefficient (Wildman–Crippen LogP) is 3.81. The average Bonchev–Trinajstić information content (AvgIpc) is 3.18. The van der Waals surface area contributed by atoms with Crippen LogP contribution in [0.1, 0.15) is 25.6 Å². The summed E-state index contributed by atoms with van der Waals surface area (Å²) in [6.07, 6.45) is 1.30. The molecule has 10 heteroatoms. The lowest BCUT2D eigenvalue weighted by Crippen LogP contribution is -2.18. The van der Waals surface area contributed by atoms with Crippen molar-refractivity contribution in [2.24, 2.45) is 5.10 Å². The van der Waals surface area contributed by atoms with E-state index in [-0.39, 0.29) is 16.1 Å². The smallest absolute Gasteiger partial charge is 0.322 e. The Balaban J connectivity index is 1.62. The van der Waals surface area contributed by atoms with Gasteiger partial charge in [-0.25, -0.2) is 9.82 Å². The van der Waals surface area contributed by atoms with Crippen LogP contribution in [0.4, 0.5) is 15.1 Å². The third kappa shape index (κ3) is 5.30. The first kappa shape index (κ1) is 19.8. The molecule has 0 fully saturated rings. The van der Waals surface area contributed by atoms with E-state index in [1.54, 1.807) is 12.1 Å². The molecular weight excluding hydrogens is 399 g/mol. The lowest BCUT2D eigenvalue weighted by molar-refractivity contribution is -0.380. The van der Waals surface area contributed by atoms with Gasteiger partial charge in [0.1, 0.15) is 5.82 Å². The standard InChI is InChI=1S/C19H13FN4O4S/c20-14-6-4-12(5-7-14)18(25)22-15-3-1-2-13(10-15)19(26)23-21-11-16-8-9-17(29-16)24(27)28/h1-11H,(H,22,25)(H,23,26)/b21-11-. The van der Waals surface area contributed by atoms with E-state index in [0.29, 0.717) is 10.6 Å². The summed E-state index contributed by atoms with van der Waals surface area (Å²) in [6.45, 7) is 0. The molecule has 2 aromatic carbocycles. The lowest BCUT2D eigenvalue weighted by atomic mass is 10.1. The number of nitrogens with zero attached hydrogens (tertiary/aromatic N) is 2. The van der Waals surface area contributed by atoms with Crippen molar-refractivity contribution in [3.8, 4) is 0 Å². The number of carbonyl (C=O) groups is 2. The summed E-state index contributed by atoms with van der Waals surface area (Å²) in [5.41, 5.74) is 3.22. The van der Waals surface area contributed by atoms with Crippen LogP contribution < -0.4 is 10.7 Å². The molecule has 1 heterocycles. The topological polar surface area (TPSA) is 114 Å². The van der Waals surface area contributed by atoms with Crippen molar-refractivity contribution >= 4 is 40.1 Å². The zero-order valence-electron chi connectivity index (χ0n) is 14.7. The normalized spacial score (nSPS) is 10.7. The van der Waals surface area contributed by atoms with Gasteiger partial charge in [0.25, 0.3) is 11.8 Å². The highest BCUT2D eigenvalue weighted by molar-refractivity contribution is 7.16. The second-order valence-electron chi connectivity index (χ2n) is 5.67. The lowest BCUT2D eigenvalue weighted by Gasteiger charge is -2.07. The zero-order chi connectivity index (χ0) is 20.8. The maximum Gasteiger partial charge on any atom is 0.324 e. The van der Waals surface area contributed by atoms with Crippen molar-refractivity contribution < 1.29 is 18.9 Å². The van der Waals surface area contributed by atoms with Crippen LogP contribution in [0.15, 0.2) is 65.8 Å². The Kier molecular flexibility index (Phi) is 6.05. The first-order valence-electron chi connectivity index (χ1n) is 8.17. The number of nitro groups is 1. The van der Waals surface area contributed by atoms with Crippen LogP contribution in [0.2, 0.25) is 0 Å². The highest BCUT2D eigenvalue weighted by Crippen LogP contribution is 2.22. The molecule has 3 aromatic rings. The highest BCUT2D eigenvalue weighted by Gasteiger charge is 2.10. The van der Waals surface area contributed by atoms with E-state index in [0.717, 1.165) is 11.3 Å². The number of thiophene rings is 1. The molecule has 0 aliphatic rings. The Bertz CT molecular complexity index is 1100. The van der Waals surface area contributed by atoms with Crippen LogP contribution in [-0.2, 0) is 0 Å². The number of amides is 2. The molecule has 8 nitrogen and oxygen atoms in total. The van der Waals surface area contributed by atoms with E-state index in [9.17, 15) is 24.1 Å². The third-order valence-corrected chi connectivity index (χ3v) is 4.61. The molecule has 3 rings (SSSR count). The molecule has 0 radical (unpaired) electrons. The molecule has 0 bridgehead atoms. The number of hydrogen-bond donors (Lipinski definition) is 2. The molecule has 1 aromatic heterocycles. The van der Waals surface area contributed by atoms with Gasteiger partial charge in [-0.1, -0.05) is 17.4 Å². The van der Waals surface area contributed by atoms with Gasteiger partial charge in [-0.15, -0.1) is 0 Å². The van der Waals surface area contributed by atoms with Gasteiger partial charge in [0.05, 0.1) is 16.0 Å². The summed E-state index contributed by atoms with van der Waals surface area (Å²) in [5.74, 6) is -1.41. The van der Waals surface area contributed by atoms with Crippen LogP contribution >= 0.6 is 11.3 Å². The molecule has 2 N–H and O–H groups in total. The van der Waals surface area contributed by atoms with Gasteiger partial charge in [-0.3, -0.25) is 19.7 Å². The largest absolute Gasteiger partial charge is 0.324 e. The van der Waals surface area contributed by atoms with Crippen LogP contribution in [0.5, 0.6) is 0 Å². The predicted molar refractivity (Wildman–Crippen MR) is 107 cm³/mol. The maximum absolute atomic E-state index is 12.9. The molecule has 0 unspecified atom stereocenters. The van der Waals surface area contributed by atoms with Gasteiger partial charge in [-0.05, 0) is 48.5 Å². The van der Waals surface area contributed by atoms with Gasteiger partial charge >= 0.3 is 5.00 Å². The fraction of sp³-hybridized carbons (Fsp3) is 0. The van der Waals surface area contributed by atoms with Gasteiger partial charge in [0, 0.05) is 22.9 Å². The molecule has 0 atom stereocenters. The highest BCUT2D eigenvalue weighted by atomic mass is 32.1. The summed E-state index contributed by atoms with van der Waals surface area (Å²) in [4.78, 5) is 35.0. The van der Waals surface area contributed by atoms with Gasteiger partial charge in [-0.2, -0.15) is 5.10 Å². The number of hydrazone groups is 1. The fourth-order valence-electron chi connectivity index (χ4n) is 2.27. The number of carbonyl (C=O) groups excluding carboxylic acids is 2. The van der Waals surface area contributed by atoms with E-state index < -0.39 is 22.6 Å². The Morgan fingerprint density at radius 1 is 1.03 bits per heavy atom. The summed E-state index contributed by atoms with van der Waals surface area (Å²) >= 11 is 0.926. The number of anilines is 1. The van der Waals surface area contributed by atoms with E-state index in [2.05, 4.69) is 15.8 Å². The maximum atomic E-state index is 12.9. The van der Waals surface area contributed by atoms with E-state index >= 15 is 0 Å². The Morgan fingerprint density at radius 3 is 2.48 bits per heavy atom. The minimum absolute atomic E-state index is 0.0256. The second kappa shape index (κ2) is 8.85.